The lowest BCUT2D eigenvalue weighted by Crippen LogP contribution is -2.39. The van der Waals surface area contributed by atoms with E-state index in [0.717, 1.165) is 44.6 Å². The Bertz CT molecular complexity index is 539. The van der Waals surface area contributed by atoms with Crippen LogP contribution in [0.25, 0.3) is 0 Å². The van der Waals surface area contributed by atoms with Crippen molar-refractivity contribution in [3.63, 3.8) is 0 Å². The second-order valence-corrected chi connectivity index (χ2v) is 8.19. The van der Waals surface area contributed by atoms with Crippen LogP contribution in [0.5, 0.6) is 0 Å². The minimum atomic E-state index is -2.83. The Balaban J connectivity index is 2.07. The minimum Gasteiger partial charge on any atom is -0.335 e. The standard InChI is InChI=1S/C15H27N3O2S/c1-3-6-16-14(13-5-10-21(19,20)12-13)11-15-17-7-9-18(15)8-4-2/h7,9,13-14,16H,3-6,8,10-12H2,1-2H3. The predicted molar refractivity (Wildman–Crippen MR) is 85.1 cm³/mol. The minimum absolute atomic E-state index is 0.209. The van der Waals surface area contributed by atoms with E-state index in [9.17, 15) is 8.42 Å². The van der Waals surface area contributed by atoms with Gasteiger partial charge in [-0.2, -0.15) is 0 Å². The first-order chi connectivity index (χ1) is 10.1. The molecule has 1 aliphatic rings. The van der Waals surface area contributed by atoms with E-state index in [0.29, 0.717) is 11.5 Å². The molecule has 1 N–H and O–H groups in total. The Kier molecular flexibility index (Phi) is 5.81. The monoisotopic (exact) mass is 313 g/mol. The number of nitrogens with zero attached hydrogens (tertiary/aromatic N) is 2. The molecular formula is C15H27N3O2S. The van der Waals surface area contributed by atoms with E-state index in [1.165, 1.54) is 0 Å². The first-order valence-corrected chi connectivity index (χ1v) is 9.81. The molecule has 2 atom stereocenters. The molecule has 0 aliphatic carbocycles. The van der Waals surface area contributed by atoms with Crippen molar-refractivity contribution in [2.45, 2.75) is 52.1 Å². The van der Waals surface area contributed by atoms with Crippen molar-refractivity contribution in [1.29, 1.82) is 0 Å². The molecule has 0 bridgehead atoms. The van der Waals surface area contributed by atoms with E-state index in [1.807, 2.05) is 12.4 Å². The molecule has 0 saturated carbocycles. The second-order valence-electron chi connectivity index (χ2n) is 5.96. The molecule has 2 unspecified atom stereocenters. The van der Waals surface area contributed by atoms with Gasteiger partial charge < -0.3 is 9.88 Å². The summed E-state index contributed by atoms with van der Waals surface area (Å²) >= 11 is 0. The fourth-order valence-electron chi connectivity index (χ4n) is 3.05. The Labute approximate surface area is 128 Å². The molecular weight excluding hydrogens is 286 g/mol. The van der Waals surface area contributed by atoms with Gasteiger partial charge in [0.2, 0.25) is 0 Å². The summed E-state index contributed by atoms with van der Waals surface area (Å²) in [5.41, 5.74) is 0. The van der Waals surface area contributed by atoms with Gasteiger partial charge in [-0.3, -0.25) is 0 Å². The van der Waals surface area contributed by atoms with Crippen LogP contribution in [0.1, 0.15) is 38.9 Å². The van der Waals surface area contributed by atoms with Crippen LogP contribution in [-0.2, 0) is 22.8 Å². The Morgan fingerprint density at radius 2 is 2.24 bits per heavy atom. The highest BCUT2D eigenvalue weighted by Crippen LogP contribution is 2.24. The summed E-state index contributed by atoms with van der Waals surface area (Å²) in [5, 5.41) is 3.54. The number of aromatic nitrogens is 2. The van der Waals surface area contributed by atoms with Crippen LogP contribution in [0.3, 0.4) is 0 Å². The van der Waals surface area contributed by atoms with Crippen molar-refractivity contribution < 1.29 is 8.42 Å². The lowest BCUT2D eigenvalue weighted by molar-refractivity contribution is 0.369. The molecule has 6 heteroatoms. The van der Waals surface area contributed by atoms with Gasteiger partial charge in [0.05, 0.1) is 11.5 Å². The van der Waals surface area contributed by atoms with Crippen LogP contribution in [0.2, 0.25) is 0 Å². The maximum atomic E-state index is 11.7. The van der Waals surface area contributed by atoms with Crippen molar-refractivity contribution in [1.82, 2.24) is 14.9 Å². The smallest absolute Gasteiger partial charge is 0.150 e. The number of nitrogens with one attached hydrogen (secondary N) is 1. The molecule has 2 heterocycles. The van der Waals surface area contributed by atoms with Crippen LogP contribution < -0.4 is 5.32 Å². The quantitative estimate of drug-likeness (QED) is 0.792. The third-order valence-electron chi connectivity index (χ3n) is 4.16. The largest absolute Gasteiger partial charge is 0.335 e. The summed E-state index contributed by atoms with van der Waals surface area (Å²) < 4.78 is 25.7. The second kappa shape index (κ2) is 7.40. The SMILES string of the molecule is CCCNC(Cc1nccn1CCC)C1CCS(=O)(=O)C1. The van der Waals surface area contributed by atoms with Crippen LogP contribution in [-0.4, -0.2) is 42.1 Å². The average molecular weight is 313 g/mol. The number of imidazole rings is 1. The van der Waals surface area contributed by atoms with E-state index in [1.54, 1.807) is 0 Å². The highest BCUT2D eigenvalue weighted by molar-refractivity contribution is 7.91. The van der Waals surface area contributed by atoms with Crippen LogP contribution >= 0.6 is 0 Å². The maximum Gasteiger partial charge on any atom is 0.150 e. The highest BCUT2D eigenvalue weighted by Gasteiger charge is 2.34. The van der Waals surface area contributed by atoms with Crippen molar-refractivity contribution in [2.24, 2.45) is 5.92 Å². The Hall–Kier alpha value is -0.880. The lowest BCUT2D eigenvalue weighted by Gasteiger charge is -2.24. The maximum absolute atomic E-state index is 11.7. The Morgan fingerprint density at radius 1 is 1.43 bits per heavy atom. The van der Waals surface area contributed by atoms with Crippen molar-refractivity contribution in [3.8, 4) is 0 Å². The molecule has 1 aromatic heterocycles. The molecule has 0 amide bonds. The number of rotatable bonds is 8. The van der Waals surface area contributed by atoms with Crippen molar-refractivity contribution in [2.75, 3.05) is 18.1 Å². The average Bonchev–Trinajstić information content (AvgIpc) is 3.01. The molecule has 1 fully saturated rings. The molecule has 0 radical (unpaired) electrons. The molecule has 5 nitrogen and oxygen atoms in total. The van der Waals surface area contributed by atoms with Crippen LogP contribution in [0.4, 0.5) is 0 Å². The number of hydrogen-bond acceptors (Lipinski definition) is 4. The summed E-state index contributed by atoms with van der Waals surface area (Å²) in [6, 6.07) is 0.209. The van der Waals surface area contributed by atoms with Gasteiger partial charge in [0.1, 0.15) is 5.82 Å². The zero-order valence-corrected chi connectivity index (χ0v) is 13.9. The predicted octanol–water partition coefficient (Wildman–Crippen LogP) is 1.64. The van der Waals surface area contributed by atoms with Crippen molar-refractivity contribution in [3.05, 3.63) is 18.2 Å². The van der Waals surface area contributed by atoms with E-state index in [-0.39, 0.29) is 12.0 Å². The highest BCUT2D eigenvalue weighted by atomic mass is 32.2. The van der Waals surface area contributed by atoms with E-state index >= 15 is 0 Å². The molecule has 1 aromatic rings. The molecule has 2 rings (SSSR count). The van der Waals surface area contributed by atoms with Crippen LogP contribution in [0.15, 0.2) is 12.4 Å². The van der Waals surface area contributed by atoms with E-state index in [4.69, 9.17) is 0 Å². The van der Waals surface area contributed by atoms with E-state index in [2.05, 4.69) is 28.7 Å². The third kappa shape index (κ3) is 4.54. The van der Waals surface area contributed by atoms with E-state index < -0.39 is 9.84 Å². The summed E-state index contributed by atoms with van der Waals surface area (Å²) in [4.78, 5) is 4.46. The third-order valence-corrected chi connectivity index (χ3v) is 5.96. The molecule has 1 aliphatic heterocycles. The normalized spacial score (nSPS) is 22.5. The van der Waals surface area contributed by atoms with Gasteiger partial charge in [0, 0.05) is 31.4 Å². The van der Waals surface area contributed by atoms with Gasteiger partial charge >= 0.3 is 0 Å². The lowest BCUT2D eigenvalue weighted by atomic mass is 9.96. The zero-order chi connectivity index (χ0) is 15.3. The zero-order valence-electron chi connectivity index (χ0n) is 13.1. The first-order valence-electron chi connectivity index (χ1n) is 7.99. The summed E-state index contributed by atoms with van der Waals surface area (Å²) in [5.74, 6) is 1.94. The molecule has 21 heavy (non-hydrogen) atoms. The van der Waals surface area contributed by atoms with Gasteiger partial charge in [0.25, 0.3) is 0 Å². The fraction of sp³-hybridized carbons (Fsp3) is 0.800. The number of sulfone groups is 1. The summed E-state index contributed by atoms with van der Waals surface area (Å²) in [7, 11) is -2.83. The molecule has 1 saturated heterocycles. The number of hydrogen-bond donors (Lipinski definition) is 1. The number of aryl methyl sites for hydroxylation is 1. The summed E-state index contributed by atoms with van der Waals surface area (Å²) in [6.07, 6.45) is 7.58. The summed E-state index contributed by atoms with van der Waals surface area (Å²) in [6.45, 7) is 6.18. The molecule has 120 valence electrons. The van der Waals surface area contributed by atoms with Gasteiger partial charge in [-0.15, -0.1) is 0 Å². The molecule has 0 spiro atoms. The van der Waals surface area contributed by atoms with Gasteiger partial charge in [0.15, 0.2) is 9.84 Å². The first kappa shape index (κ1) is 16.5. The van der Waals surface area contributed by atoms with Gasteiger partial charge in [-0.05, 0) is 31.7 Å². The topological polar surface area (TPSA) is 64.0 Å². The fourth-order valence-corrected chi connectivity index (χ4v) is 4.93. The van der Waals surface area contributed by atoms with Crippen LogP contribution in [0, 0.1) is 5.92 Å². The van der Waals surface area contributed by atoms with Crippen molar-refractivity contribution >= 4 is 9.84 Å². The van der Waals surface area contributed by atoms with Gasteiger partial charge in [-0.25, -0.2) is 13.4 Å². The van der Waals surface area contributed by atoms with Gasteiger partial charge in [-0.1, -0.05) is 13.8 Å². The molecule has 0 aromatic carbocycles. The Morgan fingerprint density at radius 3 is 2.86 bits per heavy atom.